The van der Waals surface area contributed by atoms with Gasteiger partial charge < -0.3 is 9.94 Å². The van der Waals surface area contributed by atoms with Crippen molar-refractivity contribution in [3.8, 4) is 0 Å². The van der Waals surface area contributed by atoms with E-state index in [0.717, 1.165) is 0 Å². The predicted molar refractivity (Wildman–Crippen MR) is 77.2 cm³/mol. The molecule has 0 aliphatic rings. The van der Waals surface area contributed by atoms with Gasteiger partial charge in [-0.25, -0.2) is 9.86 Å². The van der Waals surface area contributed by atoms with E-state index in [2.05, 4.69) is 5.16 Å². The van der Waals surface area contributed by atoms with Crippen LogP contribution in [-0.2, 0) is 14.3 Å². The first-order chi connectivity index (χ1) is 9.85. The molecule has 0 radical (unpaired) electrons. The first-order valence-corrected chi connectivity index (χ1v) is 7.26. The Bertz CT molecular complexity index is 384. The number of esters is 1. The van der Waals surface area contributed by atoms with Crippen LogP contribution in [0, 0.1) is 11.8 Å². The van der Waals surface area contributed by atoms with Crippen molar-refractivity contribution >= 4 is 17.6 Å². The van der Waals surface area contributed by atoms with Crippen molar-refractivity contribution in [1.82, 2.24) is 5.06 Å². The zero-order valence-corrected chi connectivity index (χ0v) is 13.4. The van der Waals surface area contributed by atoms with Crippen molar-refractivity contribution < 1.29 is 24.7 Å². The number of hydrogen-bond donors (Lipinski definition) is 2. The Labute approximate surface area is 125 Å². The van der Waals surface area contributed by atoms with Crippen LogP contribution in [0.3, 0.4) is 0 Å². The number of nitrogens with zero attached hydrogens (tertiary/aromatic N) is 2. The second-order valence-corrected chi connectivity index (χ2v) is 5.03. The summed E-state index contributed by atoms with van der Waals surface area (Å²) in [5.41, 5.74) is -0.183. The van der Waals surface area contributed by atoms with Crippen LogP contribution in [0.15, 0.2) is 5.16 Å². The molecule has 0 bridgehead atoms. The van der Waals surface area contributed by atoms with E-state index in [-0.39, 0.29) is 24.2 Å². The van der Waals surface area contributed by atoms with E-state index in [4.69, 9.17) is 9.94 Å². The molecule has 3 atom stereocenters. The van der Waals surface area contributed by atoms with Crippen molar-refractivity contribution in [2.75, 3.05) is 6.61 Å². The number of amides is 1. The number of hydroxylamine groups is 2. The second-order valence-electron chi connectivity index (χ2n) is 5.03. The third kappa shape index (κ3) is 5.00. The highest BCUT2D eigenvalue weighted by Crippen LogP contribution is 2.17. The largest absolute Gasteiger partial charge is 0.464 e. The van der Waals surface area contributed by atoms with Crippen molar-refractivity contribution in [2.24, 2.45) is 17.0 Å². The van der Waals surface area contributed by atoms with Gasteiger partial charge in [-0.2, -0.15) is 0 Å². The lowest BCUT2D eigenvalue weighted by Crippen LogP contribution is -2.50. The second kappa shape index (κ2) is 9.33. The summed E-state index contributed by atoms with van der Waals surface area (Å²) >= 11 is 0. The van der Waals surface area contributed by atoms with E-state index in [0.29, 0.717) is 17.9 Å². The van der Waals surface area contributed by atoms with Crippen LogP contribution in [-0.4, -0.2) is 45.7 Å². The van der Waals surface area contributed by atoms with Crippen molar-refractivity contribution in [2.45, 2.75) is 53.5 Å². The molecular weight excluding hydrogens is 276 g/mol. The molecule has 7 heteroatoms. The standard InChI is InChI=1S/C14H26N2O5/c1-6-9(4)11(15-19)13(17)16(20)12(10(5)7-2)14(18)21-8-3/h9-10,12,19-20H,6-8H2,1-5H3/b15-11-/t9-,10-,12-/m0/s1. The van der Waals surface area contributed by atoms with Crippen LogP contribution in [0.1, 0.15) is 47.5 Å². The van der Waals surface area contributed by atoms with E-state index < -0.39 is 17.9 Å². The van der Waals surface area contributed by atoms with Gasteiger partial charge in [0.05, 0.1) is 6.61 Å². The Morgan fingerprint density at radius 2 is 1.76 bits per heavy atom. The fraction of sp³-hybridized carbons (Fsp3) is 0.786. The average molecular weight is 302 g/mol. The van der Waals surface area contributed by atoms with Crippen LogP contribution in [0.5, 0.6) is 0 Å². The molecule has 0 unspecified atom stereocenters. The molecule has 0 spiro atoms. The maximum Gasteiger partial charge on any atom is 0.331 e. The molecule has 7 nitrogen and oxygen atoms in total. The molecule has 0 fully saturated rings. The molecule has 122 valence electrons. The van der Waals surface area contributed by atoms with E-state index in [1.807, 2.05) is 13.8 Å². The van der Waals surface area contributed by atoms with Crippen LogP contribution in [0.25, 0.3) is 0 Å². The van der Waals surface area contributed by atoms with Crippen molar-refractivity contribution in [3.63, 3.8) is 0 Å². The zero-order valence-electron chi connectivity index (χ0n) is 13.4. The number of hydrogen-bond acceptors (Lipinski definition) is 6. The normalized spacial score (nSPS) is 16.0. The molecule has 0 aromatic carbocycles. The summed E-state index contributed by atoms with van der Waals surface area (Å²) < 4.78 is 4.90. The van der Waals surface area contributed by atoms with E-state index in [9.17, 15) is 14.8 Å². The summed E-state index contributed by atoms with van der Waals surface area (Å²) in [5.74, 6) is -2.19. The highest BCUT2D eigenvalue weighted by Gasteiger charge is 2.37. The van der Waals surface area contributed by atoms with E-state index >= 15 is 0 Å². The maximum atomic E-state index is 12.2. The summed E-state index contributed by atoms with van der Waals surface area (Å²) in [4.78, 5) is 24.2. The highest BCUT2D eigenvalue weighted by atomic mass is 16.6. The van der Waals surface area contributed by atoms with Crippen LogP contribution in [0.2, 0.25) is 0 Å². The smallest absolute Gasteiger partial charge is 0.331 e. The maximum absolute atomic E-state index is 12.2. The van der Waals surface area contributed by atoms with E-state index in [1.54, 1.807) is 20.8 Å². The van der Waals surface area contributed by atoms with Gasteiger partial charge in [-0.05, 0) is 19.3 Å². The molecule has 0 aromatic rings. The molecule has 1 amide bonds. The number of carbonyl (C=O) groups excluding carboxylic acids is 2. The first kappa shape index (κ1) is 19.4. The average Bonchev–Trinajstić information content (AvgIpc) is 2.47. The van der Waals surface area contributed by atoms with Crippen LogP contribution >= 0.6 is 0 Å². The Morgan fingerprint density at radius 1 is 1.19 bits per heavy atom. The van der Waals surface area contributed by atoms with Gasteiger partial charge in [0.1, 0.15) is 5.71 Å². The molecule has 21 heavy (non-hydrogen) atoms. The first-order valence-electron chi connectivity index (χ1n) is 7.26. The molecule has 0 saturated carbocycles. The lowest BCUT2D eigenvalue weighted by Gasteiger charge is -2.29. The summed E-state index contributed by atoms with van der Waals surface area (Å²) in [6, 6.07) is -1.12. The van der Waals surface area contributed by atoms with Crippen molar-refractivity contribution in [3.05, 3.63) is 0 Å². The van der Waals surface area contributed by atoms with Gasteiger partial charge in [-0.3, -0.25) is 10.0 Å². The molecular formula is C14H26N2O5. The van der Waals surface area contributed by atoms with E-state index in [1.165, 1.54) is 0 Å². The van der Waals surface area contributed by atoms with Crippen molar-refractivity contribution in [1.29, 1.82) is 0 Å². The number of rotatable bonds is 8. The minimum atomic E-state index is -1.12. The van der Waals surface area contributed by atoms with Gasteiger partial charge in [0.25, 0.3) is 5.91 Å². The van der Waals surface area contributed by atoms with Gasteiger partial charge in [0.15, 0.2) is 6.04 Å². The molecule has 0 heterocycles. The van der Waals surface area contributed by atoms with Crippen LogP contribution < -0.4 is 0 Å². The summed E-state index contributed by atoms with van der Waals surface area (Å²) in [5, 5.41) is 22.4. The fourth-order valence-electron chi connectivity index (χ4n) is 1.81. The highest BCUT2D eigenvalue weighted by molar-refractivity contribution is 6.39. The monoisotopic (exact) mass is 302 g/mol. The fourth-order valence-corrected chi connectivity index (χ4v) is 1.81. The lowest BCUT2D eigenvalue weighted by atomic mass is 9.97. The summed E-state index contributed by atoms with van der Waals surface area (Å²) in [6.07, 6.45) is 1.13. The minimum absolute atomic E-state index is 0.153. The molecule has 0 rings (SSSR count). The summed E-state index contributed by atoms with van der Waals surface area (Å²) in [7, 11) is 0. The summed E-state index contributed by atoms with van der Waals surface area (Å²) in [6.45, 7) is 8.89. The topological polar surface area (TPSA) is 99.4 Å². The molecule has 0 aromatic heterocycles. The quantitative estimate of drug-likeness (QED) is 0.235. The molecule has 2 N–H and O–H groups in total. The van der Waals surface area contributed by atoms with Gasteiger partial charge in [-0.1, -0.05) is 39.3 Å². The molecule has 0 aliphatic heterocycles. The molecule has 0 saturated heterocycles. The Morgan fingerprint density at radius 3 is 2.14 bits per heavy atom. The number of ether oxygens (including phenoxy) is 1. The van der Waals surface area contributed by atoms with Gasteiger partial charge >= 0.3 is 5.97 Å². The third-order valence-corrected chi connectivity index (χ3v) is 3.59. The number of carbonyl (C=O) groups is 2. The Hall–Kier alpha value is -1.63. The Kier molecular flexibility index (Phi) is 8.61. The van der Waals surface area contributed by atoms with Crippen LogP contribution in [0.4, 0.5) is 0 Å². The van der Waals surface area contributed by atoms with Gasteiger partial charge in [0, 0.05) is 5.92 Å². The SMILES string of the molecule is CCOC(=O)[C@H]([C@@H](C)CC)N(O)C(=O)/C(=N\O)[C@@H](C)CC. The lowest BCUT2D eigenvalue weighted by molar-refractivity contribution is -0.188. The minimum Gasteiger partial charge on any atom is -0.464 e. The molecule has 0 aliphatic carbocycles. The Balaban J connectivity index is 5.32. The zero-order chi connectivity index (χ0) is 16.6. The third-order valence-electron chi connectivity index (χ3n) is 3.59. The predicted octanol–water partition coefficient (Wildman–Crippen LogP) is 2.06. The van der Waals surface area contributed by atoms with Gasteiger partial charge in [0.2, 0.25) is 0 Å². The van der Waals surface area contributed by atoms with Gasteiger partial charge in [-0.15, -0.1) is 0 Å². The number of oxime groups is 1.